The van der Waals surface area contributed by atoms with Crippen LogP contribution in [-0.4, -0.2) is 9.91 Å². The van der Waals surface area contributed by atoms with E-state index in [1.54, 1.807) is 6.92 Å². The number of H-pyrrole nitrogens is 1. The molecule has 2 rings (SSSR count). The van der Waals surface area contributed by atoms with Gasteiger partial charge in [-0.2, -0.15) is 0 Å². The number of nitro groups is 1. The molecule has 0 fully saturated rings. The van der Waals surface area contributed by atoms with Crippen molar-refractivity contribution >= 4 is 16.6 Å². The molecule has 1 aromatic heterocycles. The van der Waals surface area contributed by atoms with Crippen LogP contribution in [0.1, 0.15) is 5.56 Å². The second-order valence-corrected chi connectivity index (χ2v) is 3.24. The zero-order valence-electron chi connectivity index (χ0n) is 8.14. The van der Waals surface area contributed by atoms with Crippen molar-refractivity contribution in [2.24, 2.45) is 0 Å². The fourth-order valence-corrected chi connectivity index (χ4v) is 1.47. The van der Waals surface area contributed by atoms with Gasteiger partial charge in [0, 0.05) is 12.1 Å². The second kappa shape index (κ2) is 3.30. The number of benzene rings is 1. The van der Waals surface area contributed by atoms with Crippen molar-refractivity contribution in [1.82, 2.24) is 4.98 Å². The standard InChI is InChI=1S/C9H6N2O5/c1-4-2-5(11(14)15)3-6-7(4)10-9(13)16-8(6)12/h2-3H,1H3,(H,10,13). The molecule has 0 saturated carbocycles. The van der Waals surface area contributed by atoms with Gasteiger partial charge in [0.15, 0.2) is 0 Å². The van der Waals surface area contributed by atoms with Gasteiger partial charge in [-0.25, -0.2) is 9.59 Å². The zero-order valence-corrected chi connectivity index (χ0v) is 8.14. The predicted molar refractivity (Wildman–Crippen MR) is 54.5 cm³/mol. The van der Waals surface area contributed by atoms with Crippen LogP contribution in [-0.2, 0) is 0 Å². The van der Waals surface area contributed by atoms with Gasteiger partial charge < -0.3 is 4.42 Å². The molecule has 0 saturated heterocycles. The first-order chi connectivity index (χ1) is 7.49. The first kappa shape index (κ1) is 10.1. The van der Waals surface area contributed by atoms with Gasteiger partial charge in [0.1, 0.15) is 0 Å². The molecular weight excluding hydrogens is 216 g/mol. The minimum atomic E-state index is -0.884. The minimum absolute atomic E-state index is 0.00806. The summed E-state index contributed by atoms with van der Waals surface area (Å²) in [6, 6.07) is 2.35. The number of aryl methyl sites for hydroxylation is 1. The third kappa shape index (κ3) is 1.48. The van der Waals surface area contributed by atoms with Crippen molar-refractivity contribution in [2.75, 3.05) is 0 Å². The number of non-ortho nitro benzene ring substituents is 1. The second-order valence-electron chi connectivity index (χ2n) is 3.24. The molecule has 7 nitrogen and oxygen atoms in total. The molecule has 0 aliphatic rings. The summed E-state index contributed by atoms with van der Waals surface area (Å²) in [6.07, 6.45) is 0. The van der Waals surface area contributed by atoms with E-state index < -0.39 is 16.3 Å². The number of nitrogens with zero attached hydrogens (tertiary/aromatic N) is 1. The largest absolute Gasteiger partial charge is 0.419 e. The van der Waals surface area contributed by atoms with Crippen molar-refractivity contribution in [3.8, 4) is 0 Å². The van der Waals surface area contributed by atoms with E-state index in [9.17, 15) is 19.7 Å². The molecule has 2 aromatic rings. The van der Waals surface area contributed by atoms with E-state index >= 15 is 0 Å². The van der Waals surface area contributed by atoms with Crippen LogP contribution >= 0.6 is 0 Å². The van der Waals surface area contributed by atoms with E-state index in [1.165, 1.54) is 6.07 Å². The highest BCUT2D eigenvalue weighted by Crippen LogP contribution is 2.20. The Bertz CT molecular complexity index is 697. The van der Waals surface area contributed by atoms with Gasteiger partial charge in [0.25, 0.3) is 5.69 Å². The summed E-state index contributed by atoms with van der Waals surface area (Å²) in [7, 11) is 0. The number of fused-ring (bicyclic) bond motifs is 1. The topological polar surface area (TPSA) is 106 Å². The van der Waals surface area contributed by atoms with Crippen molar-refractivity contribution in [1.29, 1.82) is 0 Å². The van der Waals surface area contributed by atoms with E-state index in [1.807, 2.05) is 0 Å². The summed E-state index contributed by atoms with van der Waals surface area (Å²) in [5, 5.41) is 10.6. The molecule has 1 aromatic carbocycles. The first-order valence-corrected chi connectivity index (χ1v) is 4.31. The molecule has 0 amide bonds. The highest BCUT2D eigenvalue weighted by atomic mass is 16.6. The molecule has 0 radical (unpaired) electrons. The summed E-state index contributed by atoms with van der Waals surface area (Å²) in [4.78, 5) is 34.5. The van der Waals surface area contributed by atoms with Crippen LogP contribution in [0, 0.1) is 17.0 Å². The normalized spacial score (nSPS) is 10.6. The lowest BCUT2D eigenvalue weighted by atomic mass is 10.1. The summed E-state index contributed by atoms with van der Waals surface area (Å²) < 4.78 is 4.29. The number of hydrogen-bond donors (Lipinski definition) is 1. The Labute approximate surface area is 87.5 Å². The van der Waals surface area contributed by atoms with E-state index in [0.717, 1.165) is 6.07 Å². The number of aromatic nitrogens is 1. The zero-order chi connectivity index (χ0) is 11.9. The van der Waals surface area contributed by atoms with Crippen LogP contribution in [0.5, 0.6) is 0 Å². The maximum atomic E-state index is 11.3. The third-order valence-electron chi connectivity index (χ3n) is 2.16. The van der Waals surface area contributed by atoms with E-state index in [0.29, 0.717) is 5.56 Å². The van der Waals surface area contributed by atoms with Crippen LogP contribution in [0.4, 0.5) is 5.69 Å². The molecule has 0 aliphatic heterocycles. The number of nitro benzene ring substituents is 1. The highest BCUT2D eigenvalue weighted by molar-refractivity contribution is 5.82. The van der Waals surface area contributed by atoms with Crippen molar-refractivity contribution in [3.05, 3.63) is 48.8 Å². The van der Waals surface area contributed by atoms with E-state index in [4.69, 9.17) is 0 Å². The average Bonchev–Trinajstić information content (AvgIpc) is 2.19. The van der Waals surface area contributed by atoms with Gasteiger partial charge in [-0.15, -0.1) is 0 Å². The maximum absolute atomic E-state index is 11.3. The lowest BCUT2D eigenvalue weighted by Gasteiger charge is -1.99. The molecule has 0 spiro atoms. The highest BCUT2D eigenvalue weighted by Gasteiger charge is 2.13. The lowest BCUT2D eigenvalue weighted by Crippen LogP contribution is -2.15. The fraction of sp³-hybridized carbons (Fsp3) is 0.111. The van der Waals surface area contributed by atoms with Gasteiger partial charge >= 0.3 is 11.4 Å². The number of aromatic amines is 1. The SMILES string of the molecule is Cc1cc([N+](=O)[O-])cc2c(=O)oc(=O)[nH]c12. The molecule has 0 bridgehead atoms. The van der Waals surface area contributed by atoms with Crippen LogP contribution in [0.2, 0.25) is 0 Å². The Balaban J connectivity index is 2.98. The van der Waals surface area contributed by atoms with Crippen molar-refractivity contribution in [3.63, 3.8) is 0 Å². The Morgan fingerprint density at radius 1 is 1.38 bits per heavy atom. The first-order valence-electron chi connectivity index (χ1n) is 4.31. The fourth-order valence-electron chi connectivity index (χ4n) is 1.47. The lowest BCUT2D eigenvalue weighted by molar-refractivity contribution is -0.384. The summed E-state index contributed by atoms with van der Waals surface area (Å²) in [6.45, 7) is 1.56. The molecule has 16 heavy (non-hydrogen) atoms. The Kier molecular flexibility index (Phi) is 2.08. The molecule has 1 heterocycles. The molecule has 0 aliphatic carbocycles. The Morgan fingerprint density at radius 3 is 2.69 bits per heavy atom. The van der Waals surface area contributed by atoms with Crippen LogP contribution < -0.4 is 11.4 Å². The smallest absolute Gasteiger partial charge is 0.372 e. The number of hydrogen-bond acceptors (Lipinski definition) is 5. The van der Waals surface area contributed by atoms with Gasteiger partial charge in [-0.05, 0) is 12.5 Å². The molecular formula is C9H6N2O5. The maximum Gasteiger partial charge on any atom is 0.419 e. The Morgan fingerprint density at radius 2 is 2.06 bits per heavy atom. The van der Waals surface area contributed by atoms with Gasteiger partial charge in [0.2, 0.25) is 0 Å². The third-order valence-corrected chi connectivity index (χ3v) is 2.16. The van der Waals surface area contributed by atoms with Gasteiger partial charge in [-0.3, -0.25) is 15.1 Å². The minimum Gasteiger partial charge on any atom is -0.372 e. The van der Waals surface area contributed by atoms with Crippen LogP contribution in [0.15, 0.2) is 26.1 Å². The number of nitrogens with one attached hydrogen (secondary N) is 1. The molecule has 82 valence electrons. The van der Waals surface area contributed by atoms with Crippen LogP contribution in [0.3, 0.4) is 0 Å². The number of rotatable bonds is 1. The monoisotopic (exact) mass is 222 g/mol. The Hall–Kier alpha value is -2.44. The van der Waals surface area contributed by atoms with Crippen molar-refractivity contribution < 1.29 is 9.34 Å². The summed E-state index contributed by atoms with van der Waals surface area (Å²) in [5.41, 5.74) is -0.407. The average molecular weight is 222 g/mol. The van der Waals surface area contributed by atoms with E-state index in [2.05, 4.69) is 9.40 Å². The van der Waals surface area contributed by atoms with E-state index in [-0.39, 0.29) is 16.6 Å². The quantitative estimate of drug-likeness (QED) is 0.564. The summed E-state index contributed by atoms with van der Waals surface area (Å²) in [5.74, 6) is -0.880. The van der Waals surface area contributed by atoms with Gasteiger partial charge in [0.05, 0.1) is 15.8 Å². The molecule has 0 atom stereocenters. The van der Waals surface area contributed by atoms with Gasteiger partial charge in [-0.1, -0.05) is 0 Å². The molecule has 7 heteroatoms. The molecule has 0 unspecified atom stereocenters. The molecule has 1 N–H and O–H groups in total. The van der Waals surface area contributed by atoms with Crippen molar-refractivity contribution in [2.45, 2.75) is 6.92 Å². The predicted octanol–water partition coefficient (Wildman–Crippen LogP) is 0.698. The summed E-state index contributed by atoms with van der Waals surface area (Å²) >= 11 is 0. The van der Waals surface area contributed by atoms with Crippen LogP contribution in [0.25, 0.3) is 10.9 Å².